The molecule has 6 heteroatoms. The first-order valence-electron chi connectivity index (χ1n) is 9.17. The number of carbonyl (C=O) groups is 1. The lowest BCUT2D eigenvalue weighted by Crippen LogP contribution is -2.37. The predicted molar refractivity (Wildman–Crippen MR) is 104 cm³/mol. The first kappa shape index (κ1) is 17.3. The van der Waals surface area contributed by atoms with Crippen LogP contribution < -0.4 is 20.1 Å². The Hall–Kier alpha value is -3.15. The van der Waals surface area contributed by atoms with Crippen molar-refractivity contribution in [2.75, 3.05) is 19.9 Å². The Morgan fingerprint density at radius 2 is 1.81 bits per heavy atom. The molecule has 1 aliphatic heterocycles. The van der Waals surface area contributed by atoms with Crippen LogP contribution in [0.25, 0.3) is 10.9 Å². The molecule has 6 nitrogen and oxygen atoms in total. The van der Waals surface area contributed by atoms with E-state index >= 15 is 0 Å². The number of H-pyrrole nitrogens is 1. The van der Waals surface area contributed by atoms with E-state index in [1.807, 2.05) is 30.3 Å². The Morgan fingerprint density at radius 1 is 1.04 bits per heavy atom. The Balaban J connectivity index is 1.22. The Morgan fingerprint density at radius 3 is 2.70 bits per heavy atom. The fourth-order valence-electron chi connectivity index (χ4n) is 3.44. The molecular weight excluding hydrogens is 342 g/mol. The van der Waals surface area contributed by atoms with Gasteiger partial charge in [-0.25, -0.2) is 4.79 Å². The summed E-state index contributed by atoms with van der Waals surface area (Å²) in [5.41, 5.74) is 4.65. The lowest BCUT2D eigenvalue weighted by molar-refractivity contribution is 0.174. The van der Waals surface area contributed by atoms with E-state index < -0.39 is 0 Å². The number of fused-ring (bicyclic) bond motifs is 2. The van der Waals surface area contributed by atoms with Crippen LogP contribution in [0.5, 0.6) is 11.5 Å². The first-order valence-corrected chi connectivity index (χ1v) is 9.17. The molecule has 0 bridgehead atoms. The minimum Gasteiger partial charge on any atom is -0.454 e. The highest BCUT2D eigenvalue weighted by Crippen LogP contribution is 2.32. The zero-order valence-corrected chi connectivity index (χ0v) is 15.3. The molecule has 2 aromatic carbocycles. The maximum atomic E-state index is 12.0. The number of nitrogens with one attached hydrogen (secondary N) is 3. The Labute approximate surface area is 157 Å². The van der Waals surface area contributed by atoms with Crippen LogP contribution in [-0.2, 0) is 12.8 Å². The normalized spacial score (nSPS) is 12.3. The van der Waals surface area contributed by atoms with Gasteiger partial charge in [0.1, 0.15) is 0 Å². The zero-order valence-electron chi connectivity index (χ0n) is 15.3. The summed E-state index contributed by atoms with van der Waals surface area (Å²) < 4.78 is 10.7. The predicted octanol–water partition coefficient (Wildman–Crippen LogP) is 3.29. The van der Waals surface area contributed by atoms with Gasteiger partial charge in [-0.1, -0.05) is 24.3 Å². The maximum absolute atomic E-state index is 12.0. The third kappa shape index (κ3) is 3.84. The van der Waals surface area contributed by atoms with E-state index in [2.05, 4.69) is 34.7 Å². The summed E-state index contributed by atoms with van der Waals surface area (Å²) in [5.74, 6) is 1.54. The molecule has 0 aliphatic carbocycles. The molecule has 1 aliphatic rings. The highest BCUT2D eigenvalue weighted by atomic mass is 16.7. The van der Waals surface area contributed by atoms with Gasteiger partial charge in [0.25, 0.3) is 0 Å². The van der Waals surface area contributed by atoms with Gasteiger partial charge in [0.2, 0.25) is 6.79 Å². The van der Waals surface area contributed by atoms with Crippen LogP contribution in [0, 0.1) is 6.92 Å². The molecular formula is C21H23N3O3. The molecule has 3 aromatic rings. The molecule has 0 radical (unpaired) electrons. The van der Waals surface area contributed by atoms with Crippen molar-refractivity contribution < 1.29 is 14.3 Å². The first-order chi connectivity index (χ1) is 13.2. The van der Waals surface area contributed by atoms with Crippen LogP contribution in [0.3, 0.4) is 0 Å². The van der Waals surface area contributed by atoms with Crippen LogP contribution in [0.1, 0.15) is 16.8 Å². The number of aryl methyl sites for hydroxylation is 1. The average molecular weight is 365 g/mol. The second-order valence-electron chi connectivity index (χ2n) is 6.64. The number of amides is 2. The monoisotopic (exact) mass is 365 g/mol. The number of hydrogen-bond donors (Lipinski definition) is 3. The summed E-state index contributed by atoms with van der Waals surface area (Å²) in [7, 11) is 0. The molecule has 0 spiro atoms. The third-order valence-corrected chi connectivity index (χ3v) is 4.82. The van der Waals surface area contributed by atoms with E-state index in [4.69, 9.17) is 9.47 Å². The molecule has 27 heavy (non-hydrogen) atoms. The number of carbonyl (C=O) groups excluding carboxylic acids is 1. The summed E-state index contributed by atoms with van der Waals surface area (Å²) in [5, 5.41) is 7.06. The number of aromatic amines is 1. The largest absolute Gasteiger partial charge is 0.454 e. The highest BCUT2D eigenvalue weighted by Gasteiger charge is 2.13. The standard InChI is InChI=1S/C21H23N3O3/c1-14-16(17-4-2-3-5-18(17)24-14)9-11-23-21(25)22-10-8-15-6-7-19-20(12-15)27-13-26-19/h2-7,12,24H,8-11,13H2,1H3,(H2,22,23,25). The third-order valence-electron chi connectivity index (χ3n) is 4.82. The van der Waals surface area contributed by atoms with Crippen LogP contribution in [-0.4, -0.2) is 30.9 Å². The van der Waals surface area contributed by atoms with E-state index in [9.17, 15) is 4.79 Å². The minimum atomic E-state index is -0.145. The zero-order chi connectivity index (χ0) is 18.6. The lowest BCUT2D eigenvalue weighted by Gasteiger charge is -2.08. The molecule has 0 unspecified atom stereocenters. The summed E-state index contributed by atoms with van der Waals surface area (Å²) in [6, 6.07) is 14.0. The fourth-order valence-corrected chi connectivity index (χ4v) is 3.44. The van der Waals surface area contributed by atoms with Gasteiger partial charge in [0.15, 0.2) is 11.5 Å². The Bertz CT molecular complexity index is 964. The van der Waals surface area contributed by atoms with Gasteiger partial charge < -0.3 is 25.1 Å². The van der Waals surface area contributed by atoms with Crippen molar-refractivity contribution in [3.8, 4) is 11.5 Å². The van der Waals surface area contributed by atoms with Crippen molar-refractivity contribution in [1.82, 2.24) is 15.6 Å². The molecule has 2 heterocycles. The molecule has 140 valence electrons. The maximum Gasteiger partial charge on any atom is 0.314 e. The molecule has 2 amide bonds. The molecule has 3 N–H and O–H groups in total. The topological polar surface area (TPSA) is 75.4 Å². The van der Waals surface area contributed by atoms with E-state index in [1.54, 1.807) is 0 Å². The van der Waals surface area contributed by atoms with Crippen molar-refractivity contribution in [3.63, 3.8) is 0 Å². The lowest BCUT2D eigenvalue weighted by atomic mass is 10.1. The number of urea groups is 1. The van der Waals surface area contributed by atoms with Crippen LogP contribution in [0.2, 0.25) is 0 Å². The summed E-state index contributed by atoms with van der Waals surface area (Å²) in [6.07, 6.45) is 1.54. The number of aromatic nitrogens is 1. The second-order valence-corrected chi connectivity index (χ2v) is 6.64. The number of para-hydroxylation sites is 1. The van der Waals surface area contributed by atoms with Gasteiger partial charge in [0, 0.05) is 29.7 Å². The molecule has 1 aromatic heterocycles. The van der Waals surface area contributed by atoms with Gasteiger partial charge in [-0.05, 0) is 49.1 Å². The quantitative estimate of drug-likeness (QED) is 0.627. The number of hydrogen-bond acceptors (Lipinski definition) is 3. The van der Waals surface area contributed by atoms with Gasteiger partial charge in [-0.3, -0.25) is 0 Å². The number of benzene rings is 2. The van der Waals surface area contributed by atoms with Crippen molar-refractivity contribution >= 4 is 16.9 Å². The van der Waals surface area contributed by atoms with Crippen molar-refractivity contribution in [2.24, 2.45) is 0 Å². The van der Waals surface area contributed by atoms with Crippen molar-refractivity contribution in [1.29, 1.82) is 0 Å². The van der Waals surface area contributed by atoms with Crippen molar-refractivity contribution in [3.05, 3.63) is 59.3 Å². The molecule has 0 fully saturated rings. The van der Waals surface area contributed by atoms with Gasteiger partial charge in [-0.15, -0.1) is 0 Å². The van der Waals surface area contributed by atoms with Gasteiger partial charge >= 0.3 is 6.03 Å². The van der Waals surface area contributed by atoms with Gasteiger partial charge in [0.05, 0.1) is 0 Å². The van der Waals surface area contributed by atoms with E-state index in [-0.39, 0.29) is 12.8 Å². The van der Waals surface area contributed by atoms with E-state index in [0.717, 1.165) is 41.1 Å². The number of rotatable bonds is 6. The molecule has 4 rings (SSSR count). The molecule has 0 atom stereocenters. The molecule has 0 saturated heterocycles. The number of ether oxygens (including phenoxy) is 2. The average Bonchev–Trinajstić information content (AvgIpc) is 3.25. The summed E-state index contributed by atoms with van der Waals surface area (Å²) in [4.78, 5) is 15.4. The van der Waals surface area contributed by atoms with Crippen LogP contribution in [0.15, 0.2) is 42.5 Å². The van der Waals surface area contributed by atoms with Crippen LogP contribution >= 0.6 is 0 Å². The Kier molecular flexibility index (Phi) is 4.87. The van der Waals surface area contributed by atoms with E-state index in [0.29, 0.717) is 13.1 Å². The summed E-state index contributed by atoms with van der Waals surface area (Å²) >= 11 is 0. The molecule has 0 saturated carbocycles. The fraction of sp³-hybridized carbons (Fsp3) is 0.286. The van der Waals surface area contributed by atoms with Gasteiger partial charge in [-0.2, -0.15) is 0 Å². The highest BCUT2D eigenvalue weighted by molar-refractivity contribution is 5.84. The smallest absolute Gasteiger partial charge is 0.314 e. The van der Waals surface area contributed by atoms with Crippen molar-refractivity contribution in [2.45, 2.75) is 19.8 Å². The summed E-state index contributed by atoms with van der Waals surface area (Å²) in [6.45, 7) is 3.51. The van der Waals surface area contributed by atoms with E-state index in [1.165, 1.54) is 10.9 Å². The van der Waals surface area contributed by atoms with Crippen LogP contribution in [0.4, 0.5) is 4.79 Å². The minimum absolute atomic E-state index is 0.145. The SMILES string of the molecule is Cc1[nH]c2ccccc2c1CCNC(=O)NCCc1ccc2c(c1)OCO2. The second kappa shape index (κ2) is 7.61.